The molecule has 222 valence electrons. The Balaban J connectivity index is 2.06. The minimum absolute atomic E-state index is 0.0189. The number of aromatic carboxylic acids is 1. The van der Waals surface area contributed by atoms with E-state index in [-0.39, 0.29) is 25.3 Å². The SMILES string of the molecule is CC(C)(C)OC(=O)N(CCOCCOCCOCCOCCOc1ccc(C(=O)O)cc1)C(=O)OC(C)(C)C. The molecule has 0 spiro atoms. The summed E-state index contributed by atoms with van der Waals surface area (Å²) in [5.74, 6) is -0.409. The minimum Gasteiger partial charge on any atom is -0.491 e. The Bertz CT molecular complexity index is 832. The van der Waals surface area contributed by atoms with Crippen LogP contribution < -0.4 is 4.74 Å². The Kier molecular flexibility index (Phi) is 15.4. The highest BCUT2D eigenvalue weighted by Crippen LogP contribution is 2.14. The van der Waals surface area contributed by atoms with Gasteiger partial charge in [0.15, 0.2) is 0 Å². The number of hydrogen-bond donors (Lipinski definition) is 1. The molecule has 1 rings (SSSR count). The quantitative estimate of drug-likeness (QED) is 0.278. The van der Waals surface area contributed by atoms with Gasteiger partial charge >= 0.3 is 18.2 Å². The fourth-order valence-electron chi connectivity index (χ4n) is 2.72. The second-order valence-electron chi connectivity index (χ2n) is 10.2. The molecule has 0 radical (unpaired) electrons. The van der Waals surface area contributed by atoms with E-state index in [1.54, 1.807) is 53.7 Å². The molecule has 1 aromatic rings. The highest BCUT2D eigenvalue weighted by molar-refractivity contribution is 5.88. The van der Waals surface area contributed by atoms with Gasteiger partial charge < -0.3 is 38.3 Å². The number of benzene rings is 1. The van der Waals surface area contributed by atoms with Crippen LogP contribution in [0, 0.1) is 0 Å². The van der Waals surface area contributed by atoms with Crippen LogP contribution in [0.25, 0.3) is 0 Å². The lowest BCUT2D eigenvalue weighted by molar-refractivity contribution is -0.0150. The third-order valence-corrected chi connectivity index (χ3v) is 4.40. The summed E-state index contributed by atoms with van der Waals surface area (Å²) >= 11 is 0. The lowest BCUT2D eigenvalue weighted by Gasteiger charge is -2.28. The molecule has 0 aliphatic heterocycles. The van der Waals surface area contributed by atoms with Crippen molar-refractivity contribution in [2.75, 3.05) is 66.0 Å². The molecule has 1 aromatic carbocycles. The average Bonchev–Trinajstić information content (AvgIpc) is 2.81. The molecular formula is C27H43NO11. The van der Waals surface area contributed by atoms with E-state index in [4.69, 9.17) is 38.3 Å². The summed E-state index contributed by atoms with van der Waals surface area (Å²) in [5, 5.41) is 8.87. The van der Waals surface area contributed by atoms with E-state index < -0.39 is 29.4 Å². The molecule has 0 saturated carbocycles. The van der Waals surface area contributed by atoms with Gasteiger partial charge in [0.25, 0.3) is 0 Å². The number of nitrogens with zero attached hydrogens (tertiary/aromatic N) is 1. The smallest absolute Gasteiger partial charge is 0.419 e. The lowest BCUT2D eigenvalue weighted by atomic mass is 10.2. The number of amides is 2. The number of carboxylic acid groups (broad SMARTS) is 1. The zero-order valence-corrected chi connectivity index (χ0v) is 23.9. The Hall–Kier alpha value is -2.93. The molecule has 39 heavy (non-hydrogen) atoms. The van der Waals surface area contributed by atoms with Crippen LogP contribution in [0.2, 0.25) is 0 Å². The van der Waals surface area contributed by atoms with Crippen LogP contribution in [0.1, 0.15) is 51.9 Å². The van der Waals surface area contributed by atoms with E-state index in [1.165, 1.54) is 12.1 Å². The van der Waals surface area contributed by atoms with Crippen molar-refractivity contribution in [3.8, 4) is 5.75 Å². The molecule has 12 nitrogen and oxygen atoms in total. The fourth-order valence-corrected chi connectivity index (χ4v) is 2.72. The number of ether oxygens (including phenoxy) is 7. The van der Waals surface area contributed by atoms with Crippen LogP contribution in [0.3, 0.4) is 0 Å². The molecule has 0 aliphatic carbocycles. The summed E-state index contributed by atoms with van der Waals surface area (Å²) in [4.78, 5) is 36.5. The first kappa shape index (κ1) is 34.1. The van der Waals surface area contributed by atoms with Gasteiger partial charge in [0.1, 0.15) is 23.6 Å². The summed E-state index contributed by atoms with van der Waals surface area (Å²) in [6, 6.07) is 6.15. The Morgan fingerprint density at radius 1 is 0.641 bits per heavy atom. The largest absolute Gasteiger partial charge is 0.491 e. The summed E-state index contributed by atoms with van der Waals surface area (Å²) in [5.41, 5.74) is -1.31. The minimum atomic E-state index is -0.982. The molecule has 12 heteroatoms. The van der Waals surface area contributed by atoms with Gasteiger partial charge in [-0.15, -0.1) is 0 Å². The predicted molar refractivity (Wildman–Crippen MR) is 141 cm³/mol. The van der Waals surface area contributed by atoms with Crippen LogP contribution in [-0.2, 0) is 28.4 Å². The highest BCUT2D eigenvalue weighted by Gasteiger charge is 2.30. The monoisotopic (exact) mass is 557 g/mol. The molecule has 0 atom stereocenters. The van der Waals surface area contributed by atoms with Crippen molar-refractivity contribution in [2.45, 2.75) is 52.7 Å². The van der Waals surface area contributed by atoms with Crippen molar-refractivity contribution in [3.63, 3.8) is 0 Å². The molecule has 0 unspecified atom stereocenters. The van der Waals surface area contributed by atoms with Crippen LogP contribution in [0.4, 0.5) is 9.59 Å². The fraction of sp³-hybridized carbons (Fsp3) is 0.667. The van der Waals surface area contributed by atoms with Gasteiger partial charge in [-0.3, -0.25) is 0 Å². The lowest BCUT2D eigenvalue weighted by Crippen LogP contribution is -2.45. The third-order valence-electron chi connectivity index (χ3n) is 4.40. The Morgan fingerprint density at radius 3 is 1.41 bits per heavy atom. The topological polar surface area (TPSA) is 139 Å². The number of carbonyl (C=O) groups excluding carboxylic acids is 2. The van der Waals surface area contributed by atoms with E-state index >= 15 is 0 Å². The van der Waals surface area contributed by atoms with Crippen molar-refractivity contribution < 1.29 is 52.6 Å². The van der Waals surface area contributed by atoms with E-state index in [9.17, 15) is 14.4 Å². The van der Waals surface area contributed by atoms with E-state index in [2.05, 4.69) is 0 Å². The normalized spacial score (nSPS) is 11.6. The maximum Gasteiger partial charge on any atom is 0.419 e. The number of hydrogen-bond acceptors (Lipinski definition) is 10. The predicted octanol–water partition coefficient (Wildman–Crippen LogP) is 4.00. The third kappa shape index (κ3) is 17.3. The second-order valence-corrected chi connectivity index (χ2v) is 10.2. The van der Waals surface area contributed by atoms with Crippen LogP contribution in [0.5, 0.6) is 5.75 Å². The first-order chi connectivity index (χ1) is 18.3. The maximum atomic E-state index is 12.4. The summed E-state index contributed by atoms with van der Waals surface area (Å²) < 4.78 is 37.8. The van der Waals surface area contributed by atoms with Gasteiger partial charge in [0.2, 0.25) is 0 Å². The summed E-state index contributed by atoms with van der Waals surface area (Å²) in [6.07, 6.45) is -1.59. The van der Waals surface area contributed by atoms with Crippen molar-refractivity contribution >= 4 is 18.2 Å². The molecule has 1 N–H and O–H groups in total. The number of imide groups is 1. The number of rotatable bonds is 17. The zero-order chi connectivity index (χ0) is 29.3. The van der Waals surface area contributed by atoms with Crippen LogP contribution >= 0.6 is 0 Å². The first-order valence-corrected chi connectivity index (χ1v) is 12.8. The van der Waals surface area contributed by atoms with Crippen LogP contribution in [0.15, 0.2) is 24.3 Å². The van der Waals surface area contributed by atoms with Crippen molar-refractivity contribution in [3.05, 3.63) is 29.8 Å². The van der Waals surface area contributed by atoms with E-state index in [0.29, 0.717) is 52.0 Å². The zero-order valence-electron chi connectivity index (χ0n) is 23.9. The average molecular weight is 558 g/mol. The van der Waals surface area contributed by atoms with Gasteiger partial charge in [-0.05, 0) is 65.8 Å². The van der Waals surface area contributed by atoms with Gasteiger partial charge in [0.05, 0.1) is 65.0 Å². The molecule has 0 saturated heterocycles. The van der Waals surface area contributed by atoms with Crippen molar-refractivity contribution in [1.82, 2.24) is 4.90 Å². The second kappa shape index (κ2) is 17.6. The van der Waals surface area contributed by atoms with Gasteiger partial charge in [-0.1, -0.05) is 0 Å². The Labute approximate surface area is 230 Å². The summed E-state index contributed by atoms with van der Waals surface area (Å²) in [6.45, 7) is 13.2. The molecule has 0 aliphatic rings. The summed E-state index contributed by atoms with van der Waals surface area (Å²) in [7, 11) is 0. The molecule has 0 bridgehead atoms. The molecule has 0 fully saturated rings. The molecule has 0 heterocycles. The first-order valence-electron chi connectivity index (χ1n) is 12.8. The molecule has 0 aromatic heterocycles. The van der Waals surface area contributed by atoms with Crippen LogP contribution in [-0.4, -0.2) is 105 Å². The number of carboxylic acids is 1. The Morgan fingerprint density at radius 2 is 1.03 bits per heavy atom. The standard InChI is InChI=1S/C27H43NO11/c1-26(2,3)38-24(31)28(25(32)39-27(4,5)6)11-12-33-13-14-34-15-16-35-17-18-36-19-20-37-22-9-7-21(8-10-22)23(29)30/h7-10H,11-20H2,1-6H3,(H,29,30). The van der Waals surface area contributed by atoms with Crippen molar-refractivity contribution in [1.29, 1.82) is 0 Å². The maximum absolute atomic E-state index is 12.4. The van der Waals surface area contributed by atoms with E-state index in [0.717, 1.165) is 4.90 Å². The highest BCUT2D eigenvalue weighted by atomic mass is 16.6. The van der Waals surface area contributed by atoms with E-state index in [1.807, 2.05) is 0 Å². The molecule has 2 amide bonds. The number of carbonyl (C=O) groups is 3. The van der Waals surface area contributed by atoms with Gasteiger partial charge in [-0.25, -0.2) is 19.3 Å². The van der Waals surface area contributed by atoms with Gasteiger partial charge in [-0.2, -0.15) is 0 Å². The molecular weight excluding hydrogens is 514 g/mol. The van der Waals surface area contributed by atoms with Crippen molar-refractivity contribution in [2.24, 2.45) is 0 Å². The van der Waals surface area contributed by atoms with Gasteiger partial charge in [0, 0.05) is 0 Å².